The summed E-state index contributed by atoms with van der Waals surface area (Å²) in [6, 6.07) is 22.0. The Labute approximate surface area is 356 Å². The zero-order valence-corrected chi connectivity index (χ0v) is 34.5. The van der Waals surface area contributed by atoms with Crippen molar-refractivity contribution in [3.05, 3.63) is 112 Å². The van der Waals surface area contributed by atoms with Gasteiger partial charge in [0, 0.05) is 47.4 Å². The SMILES string of the molecule is COc1ccc(C23C(=O)N(Nc4ccc(Cl)cc4Cl)C(=O)C2CC2C(=CCC4C(=O)N(c5ccc(N6CCOCC6)cc5)C(=O)C42)C3c2c(O)cc(OC)cc2OC)cc1. The van der Waals surface area contributed by atoms with E-state index >= 15 is 9.59 Å². The van der Waals surface area contributed by atoms with Crippen LogP contribution in [-0.2, 0) is 29.3 Å². The first kappa shape index (κ1) is 39.7. The normalized spacial score (nSPS) is 26.1. The molecule has 4 aromatic rings. The molecule has 4 aromatic carbocycles. The van der Waals surface area contributed by atoms with E-state index in [0.717, 1.165) is 23.8 Å². The number of nitrogens with one attached hydrogen (secondary N) is 1. The van der Waals surface area contributed by atoms with Gasteiger partial charge in [0.15, 0.2) is 0 Å². The average molecular weight is 854 g/mol. The maximum absolute atomic E-state index is 15.7. The molecule has 310 valence electrons. The lowest BCUT2D eigenvalue weighted by Gasteiger charge is -2.50. The van der Waals surface area contributed by atoms with Crippen molar-refractivity contribution in [2.24, 2.45) is 23.7 Å². The number of aromatic hydroxyl groups is 1. The molecule has 4 fully saturated rings. The smallest absolute Gasteiger partial charge is 0.260 e. The molecule has 2 aliphatic carbocycles. The van der Waals surface area contributed by atoms with Crippen molar-refractivity contribution in [3.8, 4) is 23.0 Å². The Morgan fingerprint density at radius 1 is 0.783 bits per heavy atom. The average Bonchev–Trinajstić information content (AvgIpc) is 3.65. The molecule has 0 spiro atoms. The topological polar surface area (TPSA) is 147 Å². The Kier molecular flexibility index (Phi) is 10.2. The van der Waals surface area contributed by atoms with Crippen LogP contribution in [0.4, 0.5) is 17.1 Å². The van der Waals surface area contributed by atoms with Crippen molar-refractivity contribution < 1.29 is 43.2 Å². The fraction of sp³-hybridized carbons (Fsp3) is 0.333. The van der Waals surface area contributed by atoms with Crippen LogP contribution < -0.4 is 29.4 Å². The van der Waals surface area contributed by atoms with E-state index in [9.17, 15) is 14.7 Å². The monoisotopic (exact) mass is 852 g/mol. The lowest BCUT2D eigenvalue weighted by molar-refractivity contribution is -0.138. The highest BCUT2D eigenvalue weighted by Gasteiger charge is 2.71. The maximum atomic E-state index is 15.7. The van der Waals surface area contributed by atoms with Crippen molar-refractivity contribution in [1.82, 2.24) is 5.01 Å². The molecule has 9 rings (SSSR count). The molecule has 60 heavy (non-hydrogen) atoms. The predicted molar refractivity (Wildman–Crippen MR) is 224 cm³/mol. The van der Waals surface area contributed by atoms with E-state index in [1.807, 2.05) is 18.2 Å². The second-order valence-corrected chi connectivity index (χ2v) is 16.4. The number of morpholine rings is 1. The van der Waals surface area contributed by atoms with Crippen LogP contribution in [0, 0.1) is 23.7 Å². The van der Waals surface area contributed by atoms with Gasteiger partial charge in [-0.3, -0.25) is 29.5 Å². The van der Waals surface area contributed by atoms with Gasteiger partial charge < -0.3 is 29.0 Å². The van der Waals surface area contributed by atoms with Crippen LogP contribution >= 0.6 is 23.2 Å². The number of anilines is 3. The number of carbonyl (C=O) groups excluding carboxylic acids is 4. The molecule has 1 saturated carbocycles. The number of methoxy groups -OCH3 is 3. The fourth-order valence-corrected chi connectivity index (χ4v) is 10.7. The summed E-state index contributed by atoms with van der Waals surface area (Å²) in [7, 11) is 4.43. The highest BCUT2D eigenvalue weighted by atomic mass is 35.5. The zero-order chi connectivity index (χ0) is 42.0. The van der Waals surface area contributed by atoms with Gasteiger partial charge in [0.25, 0.3) is 11.8 Å². The summed E-state index contributed by atoms with van der Waals surface area (Å²) in [4.78, 5) is 63.5. The van der Waals surface area contributed by atoms with E-state index in [0.29, 0.717) is 46.6 Å². The van der Waals surface area contributed by atoms with Crippen LogP contribution in [0.2, 0.25) is 10.0 Å². The second-order valence-electron chi connectivity index (χ2n) is 15.6. The summed E-state index contributed by atoms with van der Waals surface area (Å²) in [5.41, 5.74) is 4.29. The molecule has 13 nitrogen and oxygen atoms in total. The molecular formula is C45H42Cl2N4O9. The van der Waals surface area contributed by atoms with Gasteiger partial charge >= 0.3 is 0 Å². The molecule has 0 aromatic heterocycles. The minimum Gasteiger partial charge on any atom is -0.507 e. The number of carbonyl (C=O) groups is 4. The van der Waals surface area contributed by atoms with E-state index in [2.05, 4.69) is 10.3 Å². The van der Waals surface area contributed by atoms with E-state index in [1.165, 1.54) is 38.4 Å². The minimum absolute atomic E-state index is 0.0364. The second kappa shape index (κ2) is 15.4. The third-order valence-corrected chi connectivity index (χ3v) is 13.5. The van der Waals surface area contributed by atoms with Gasteiger partial charge in [-0.05, 0) is 78.9 Å². The number of ether oxygens (including phenoxy) is 4. The van der Waals surface area contributed by atoms with Crippen LogP contribution in [0.3, 0.4) is 0 Å². The quantitative estimate of drug-likeness (QED) is 0.136. The lowest BCUT2D eigenvalue weighted by atomic mass is 9.49. The van der Waals surface area contributed by atoms with Crippen molar-refractivity contribution in [2.45, 2.75) is 24.2 Å². The molecule has 4 amide bonds. The van der Waals surface area contributed by atoms with Crippen LogP contribution in [0.25, 0.3) is 0 Å². The van der Waals surface area contributed by atoms with Crippen molar-refractivity contribution in [2.75, 3.05) is 62.9 Å². The number of rotatable bonds is 9. The van der Waals surface area contributed by atoms with E-state index in [1.54, 1.807) is 54.6 Å². The van der Waals surface area contributed by atoms with Crippen molar-refractivity contribution in [1.29, 1.82) is 0 Å². The first-order valence-electron chi connectivity index (χ1n) is 19.7. The maximum Gasteiger partial charge on any atom is 0.260 e. The Balaban J connectivity index is 1.21. The number of nitrogens with zero attached hydrogens (tertiary/aromatic N) is 3. The Morgan fingerprint density at radius 2 is 1.48 bits per heavy atom. The number of fused-ring (bicyclic) bond motifs is 4. The number of halogens is 2. The molecule has 6 atom stereocenters. The van der Waals surface area contributed by atoms with Gasteiger partial charge in [0.1, 0.15) is 23.0 Å². The van der Waals surface area contributed by atoms with Gasteiger partial charge in [0.05, 0.1) is 74.1 Å². The summed E-state index contributed by atoms with van der Waals surface area (Å²) in [5.74, 6) is -5.60. The number of hydrogen-bond acceptors (Lipinski definition) is 11. The minimum atomic E-state index is -1.72. The first-order chi connectivity index (χ1) is 29.0. The fourth-order valence-electron chi connectivity index (χ4n) is 10.2. The van der Waals surface area contributed by atoms with Gasteiger partial charge in [-0.2, -0.15) is 5.01 Å². The summed E-state index contributed by atoms with van der Waals surface area (Å²) in [5, 5.41) is 13.6. The number of phenols is 1. The standard InChI is InChI=1S/C45H42Cl2N4O9/c1-57-28-11-4-24(5-12-28)45-33(42(54)51(44(45)56)48-35-15-6-25(46)20-34(35)47)23-32-30(40(45)39-36(52)21-29(58-2)22-37(39)59-3)13-14-31-38(32)43(55)50(41(31)53)27-9-7-26(8-10-27)49-16-18-60-19-17-49/h4-13,15,20-22,31-33,38,40,48,52H,14,16-19,23H2,1-3H3. The number of allylic oxidation sites excluding steroid dienone is 2. The number of phenolic OH excluding ortho intramolecular Hbond substituents is 1. The van der Waals surface area contributed by atoms with E-state index in [-0.39, 0.29) is 52.4 Å². The number of amides is 4. The number of hydrogen-bond donors (Lipinski definition) is 2. The highest BCUT2D eigenvalue weighted by Crippen LogP contribution is 2.66. The lowest BCUT2D eigenvalue weighted by Crippen LogP contribution is -2.53. The molecule has 0 bridgehead atoms. The summed E-state index contributed by atoms with van der Waals surface area (Å²) in [6.07, 6.45) is 2.14. The van der Waals surface area contributed by atoms with Gasteiger partial charge in [0.2, 0.25) is 11.8 Å². The molecule has 15 heteroatoms. The Hall–Kier alpha value is -5.76. The molecule has 0 radical (unpaired) electrons. The van der Waals surface area contributed by atoms with Crippen molar-refractivity contribution >= 4 is 63.9 Å². The Bertz CT molecular complexity index is 2440. The van der Waals surface area contributed by atoms with Gasteiger partial charge in [-0.15, -0.1) is 0 Å². The molecular weight excluding hydrogens is 811 g/mol. The molecule has 5 aliphatic rings. The van der Waals surface area contributed by atoms with Crippen LogP contribution in [0.15, 0.2) is 90.5 Å². The third-order valence-electron chi connectivity index (χ3n) is 12.9. The summed E-state index contributed by atoms with van der Waals surface area (Å²) >= 11 is 12.8. The molecule has 3 aliphatic heterocycles. The van der Waals surface area contributed by atoms with Gasteiger partial charge in [-0.25, -0.2) is 0 Å². The molecule has 2 N–H and O–H groups in total. The van der Waals surface area contributed by atoms with Gasteiger partial charge in [-0.1, -0.05) is 47.0 Å². The number of imide groups is 2. The van der Waals surface area contributed by atoms with Crippen molar-refractivity contribution in [3.63, 3.8) is 0 Å². The molecule has 3 heterocycles. The Morgan fingerprint density at radius 3 is 2.15 bits per heavy atom. The highest BCUT2D eigenvalue weighted by molar-refractivity contribution is 6.36. The first-order valence-corrected chi connectivity index (χ1v) is 20.5. The molecule has 3 saturated heterocycles. The van der Waals surface area contributed by atoms with Crippen LogP contribution in [0.1, 0.15) is 29.9 Å². The zero-order valence-electron chi connectivity index (χ0n) is 33.0. The third kappa shape index (κ3) is 6.08. The molecule has 6 unspecified atom stereocenters. The van der Waals surface area contributed by atoms with Crippen LogP contribution in [-0.4, -0.2) is 81.4 Å². The largest absolute Gasteiger partial charge is 0.507 e. The van der Waals surface area contributed by atoms with E-state index in [4.69, 9.17) is 42.1 Å². The van der Waals surface area contributed by atoms with E-state index < -0.39 is 46.8 Å². The van der Waals surface area contributed by atoms with Crippen LogP contribution in [0.5, 0.6) is 23.0 Å². The summed E-state index contributed by atoms with van der Waals surface area (Å²) in [6.45, 7) is 2.70. The predicted octanol–water partition coefficient (Wildman–Crippen LogP) is 6.75. The summed E-state index contributed by atoms with van der Waals surface area (Å²) < 4.78 is 22.5. The number of hydrazine groups is 1. The number of benzene rings is 4.